The second kappa shape index (κ2) is 11.2. The van der Waals surface area contributed by atoms with Gasteiger partial charge in [0.05, 0.1) is 5.56 Å². The Balaban J connectivity index is 2.42. The molecule has 11 heteroatoms. The Labute approximate surface area is 183 Å². The summed E-state index contributed by atoms with van der Waals surface area (Å²) in [6.07, 6.45) is -6.98. The summed E-state index contributed by atoms with van der Waals surface area (Å²) in [4.78, 5) is 59.1. The second-order valence-electron chi connectivity index (χ2n) is 6.84. The van der Waals surface area contributed by atoms with Crippen LogP contribution in [0.4, 0.5) is 0 Å². The van der Waals surface area contributed by atoms with Gasteiger partial charge in [0.2, 0.25) is 12.4 Å². The Morgan fingerprint density at radius 2 is 1.25 bits per heavy atom. The van der Waals surface area contributed by atoms with E-state index in [1.54, 1.807) is 18.2 Å². The molecule has 32 heavy (non-hydrogen) atoms. The van der Waals surface area contributed by atoms with Gasteiger partial charge in [0.1, 0.15) is 12.7 Å². The fourth-order valence-electron chi connectivity index (χ4n) is 3.03. The van der Waals surface area contributed by atoms with Crippen LogP contribution in [0.25, 0.3) is 0 Å². The number of esters is 5. The van der Waals surface area contributed by atoms with E-state index in [0.29, 0.717) is 0 Å². The van der Waals surface area contributed by atoms with Gasteiger partial charge in [-0.2, -0.15) is 0 Å². The first kappa shape index (κ1) is 24.8. The molecule has 1 fully saturated rings. The van der Waals surface area contributed by atoms with E-state index < -0.39 is 67.2 Å². The summed E-state index contributed by atoms with van der Waals surface area (Å²) in [6, 6.07) is 7.92. The fourth-order valence-corrected chi connectivity index (χ4v) is 3.03. The molecule has 0 radical (unpaired) electrons. The molecule has 11 nitrogen and oxygen atoms in total. The van der Waals surface area contributed by atoms with Crippen molar-refractivity contribution in [2.24, 2.45) is 0 Å². The van der Waals surface area contributed by atoms with E-state index in [-0.39, 0.29) is 5.56 Å². The van der Waals surface area contributed by atoms with Gasteiger partial charge in [-0.15, -0.1) is 0 Å². The molecule has 1 aromatic rings. The zero-order valence-electron chi connectivity index (χ0n) is 18.0. The molecule has 0 N–H and O–H groups in total. The van der Waals surface area contributed by atoms with Crippen molar-refractivity contribution in [2.45, 2.75) is 58.4 Å². The summed E-state index contributed by atoms with van der Waals surface area (Å²) in [5.74, 6) is -3.81. The van der Waals surface area contributed by atoms with Crippen molar-refractivity contribution in [2.75, 3.05) is 6.61 Å². The predicted octanol–water partition coefficient (Wildman–Crippen LogP) is 0.926. The van der Waals surface area contributed by atoms with Crippen LogP contribution < -0.4 is 0 Å². The van der Waals surface area contributed by atoms with Gasteiger partial charge in [-0.1, -0.05) is 18.2 Å². The highest BCUT2D eigenvalue weighted by atomic mass is 16.7. The van der Waals surface area contributed by atoms with Crippen LogP contribution in [-0.4, -0.2) is 67.2 Å². The maximum atomic E-state index is 12.6. The number of rotatable bonds is 7. The van der Waals surface area contributed by atoms with Crippen LogP contribution in [0, 0.1) is 0 Å². The van der Waals surface area contributed by atoms with Crippen molar-refractivity contribution in [1.29, 1.82) is 0 Å². The molecule has 0 amide bonds. The molecular weight excluding hydrogens is 428 g/mol. The van der Waals surface area contributed by atoms with Gasteiger partial charge in [-0.25, -0.2) is 4.79 Å². The quantitative estimate of drug-likeness (QED) is 0.431. The highest BCUT2D eigenvalue weighted by molar-refractivity contribution is 5.89. The topological polar surface area (TPSA) is 141 Å². The molecule has 1 aromatic carbocycles. The largest absolute Gasteiger partial charge is 0.463 e. The zero-order chi connectivity index (χ0) is 23.8. The van der Waals surface area contributed by atoms with Crippen LogP contribution in [0.2, 0.25) is 0 Å². The number of ether oxygens (including phenoxy) is 6. The standard InChI is InChI=1S/C21H24O11/c1-11(22)27-10-16-17(28-12(2)23)18(29-13(3)24)19(30-14(4)25)21(31-16)32-20(26)15-8-6-5-7-9-15/h5-9,16-19,21H,10H2,1-4H3/t16-,17+,18-,19-,21+/m1/s1. The summed E-state index contributed by atoms with van der Waals surface area (Å²) < 4.78 is 31.8. The maximum Gasteiger partial charge on any atom is 0.340 e. The number of benzene rings is 1. The Morgan fingerprint density at radius 1 is 0.719 bits per heavy atom. The van der Waals surface area contributed by atoms with Gasteiger partial charge in [-0.3, -0.25) is 19.2 Å². The average Bonchev–Trinajstić information content (AvgIpc) is 2.70. The summed E-state index contributed by atoms with van der Waals surface area (Å²) in [5, 5.41) is 0. The van der Waals surface area contributed by atoms with E-state index in [4.69, 9.17) is 28.4 Å². The Bertz CT molecular complexity index is 851. The Morgan fingerprint density at radius 3 is 1.78 bits per heavy atom. The average molecular weight is 452 g/mol. The van der Waals surface area contributed by atoms with Gasteiger partial charge >= 0.3 is 29.8 Å². The molecule has 0 bridgehead atoms. The lowest BCUT2D eigenvalue weighted by atomic mass is 9.98. The van der Waals surface area contributed by atoms with Crippen molar-refractivity contribution in [3.05, 3.63) is 35.9 Å². The third kappa shape index (κ3) is 7.05. The minimum Gasteiger partial charge on any atom is -0.463 e. The van der Waals surface area contributed by atoms with E-state index in [9.17, 15) is 24.0 Å². The molecule has 2 rings (SSSR count). The number of carbonyl (C=O) groups excluding carboxylic acids is 5. The smallest absolute Gasteiger partial charge is 0.340 e. The third-order valence-electron chi connectivity index (χ3n) is 4.18. The fraction of sp³-hybridized carbons (Fsp3) is 0.476. The van der Waals surface area contributed by atoms with Crippen molar-refractivity contribution in [1.82, 2.24) is 0 Å². The number of hydrogen-bond donors (Lipinski definition) is 0. The monoisotopic (exact) mass is 452 g/mol. The molecule has 0 aliphatic carbocycles. The highest BCUT2D eigenvalue weighted by Crippen LogP contribution is 2.30. The molecule has 1 saturated heterocycles. The minimum atomic E-state index is -1.57. The van der Waals surface area contributed by atoms with Crippen LogP contribution in [0.1, 0.15) is 38.1 Å². The predicted molar refractivity (Wildman–Crippen MR) is 104 cm³/mol. The van der Waals surface area contributed by atoms with E-state index in [1.807, 2.05) is 0 Å². The van der Waals surface area contributed by atoms with Gasteiger partial charge in [0.25, 0.3) is 0 Å². The van der Waals surface area contributed by atoms with Crippen molar-refractivity contribution < 1.29 is 52.4 Å². The second-order valence-corrected chi connectivity index (χ2v) is 6.84. The molecule has 0 unspecified atom stereocenters. The summed E-state index contributed by atoms with van der Waals surface area (Å²) in [6.45, 7) is 4.03. The molecule has 174 valence electrons. The lowest BCUT2D eigenvalue weighted by molar-refractivity contribution is -0.294. The normalized spacial score (nSPS) is 24.6. The maximum absolute atomic E-state index is 12.6. The highest BCUT2D eigenvalue weighted by Gasteiger charge is 2.53. The molecule has 1 aliphatic rings. The van der Waals surface area contributed by atoms with Crippen LogP contribution >= 0.6 is 0 Å². The molecule has 0 saturated carbocycles. The van der Waals surface area contributed by atoms with Crippen LogP contribution in [-0.2, 0) is 47.6 Å². The molecular formula is C21H24O11. The van der Waals surface area contributed by atoms with E-state index >= 15 is 0 Å². The number of carbonyl (C=O) groups is 5. The van der Waals surface area contributed by atoms with Gasteiger partial charge in [-0.05, 0) is 12.1 Å². The molecule has 1 heterocycles. The minimum absolute atomic E-state index is 0.181. The van der Waals surface area contributed by atoms with Crippen molar-refractivity contribution in [3.8, 4) is 0 Å². The van der Waals surface area contributed by atoms with Crippen molar-refractivity contribution in [3.63, 3.8) is 0 Å². The van der Waals surface area contributed by atoms with E-state index in [0.717, 1.165) is 27.7 Å². The molecule has 5 atom stereocenters. The first-order valence-corrected chi connectivity index (χ1v) is 9.65. The number of hydrogen-bond acceptors (Lipinski definition) is 11. The Hall–Kier alpha value is -3.47. The third-order valence-corrected chi connectivity index (χ3v) is 4.18. The van der Waals surface area contributed by atoms with Crippen molar-refractivity contribution >= 4 is 29.8 Å². The molecule has 1 aliphatic heterocycles. The summed E-state index contributed by atoms with van der Waals surface area (Å²) >= 11 is 0. The van der Waals surface area contributed by atoms with E-state index in [1.165, 1.54) is 12.1 Å². The van der Waals surface area contributed by atoms with E-state index in [2.05, 4.69) is 0 Å². The van der Waals surface area contributed by atoms with Crippen LogP contribution in [0.3, 0.4) is 0 Å². The zero-order valence-corrected chi connectivity index (χ0v) is 18.0. The lowest BCUT2D eigenvalue weighted by Crippen LogP contribution is -2.63. The van der Waals surface area contributed by atoms with Gasteiger partial charge < -0.3 is 28.4 Å². The summed E-state index contributed by atoms with van der Waals surface area (Å²) in [5.41, 5.74) is 0.181. The first-order chi connectivity index (χ1) is 15.1. The molecule has 0 aromatic heterocycles. The summed E-state index contributed by atoms with van der Waals surface area (Å²) in [7, 11) is 0. The van der Waals surface area contributed by atoms with Crippen LogP contribution in [0.5, 0.6) is 0 Å². The lowest BCUT2D eigenvalue weighted by Gasteiger charge is -2.43. The van der Waals surface area contributed by atoms with Gasteiger partial charge in [0.15, 0.2) is 12.2 Å². The molecule has 0 spiro atoms. The van der Waals surface area contributed by atoms with Crippen LogP contribution in [0.15, 0.2) is 30.3 Å². The first-order valence-electron chi connectivity index (χ1n) is 9.65. The van der Waals surface area contributed by atoms with Gasteiger partial charge in [0, 0.05) is 27.7 Å². The SMILES string of the molecule is CC(=O)OC[C@H]1O[C@@H](OC(=O)c2ccccc2)[C@H](OC(C)=O)[C@H](OC(C)=O)[C@H]1OC(C)=O. The Kier molecular flexibility index (Phi) is 8.71.